The summed E-state index contributed by atoms with van der Waals surface area (Å²) < 4.78 is 12.6. The van der Waals surface area contributed by atoms with Crippen LogP contribution in [0.4, 0.5) is 4.39 Å². The number of nitrogens with one attached hydrogen (secondary N) is 1. The van der Waals surface area contributed by atoms with Crippen LogP contribution in [0.3, 0.4) is 0 Å². The Bertz CT molecular complexity index is 132. The van der Waals surface area contributed by atoms with E-state index in [0.29, 0.717) is 25.9 Å². The average Bonchev–Trinajstić information content (AvgIpc) is 2.37. The van der Waals surface area contributed by atoms with Crippen LogP contribution in [0.25, 0.3) is 0 Å². The van der Waals surface area contributed by atoms with Crippen LogP contribution in [0.2, 0.25) is 0 Å². The molecule has 4 heteroatoms. The van der Waals surface area contributed by atoms with Crippen molar-refractivity contribution in [3.63, 3.8) is 0 Å². The summed E-state index contributed by atoms with van der Waals surface area (Å²) >= 11 is 0. The molecule has 0 spiro atoms. The SMILES string of the molecule is O=CNCCN1CCC(F)C1. The topological polar surface area (TPSA) is 32.3 Å². The van der Waals surface area contributed by atoms with Crippen LogP contribution in [0.15, 0.2) is 0 Å². The number of hydrogen-bond donors (Lipinski definition) is 1. The number of nitrogens with zero attached hydrogens (tertiary/aromatic N) is 1. The van der Waals surface area contributed by atoms with Crippen molar-refractivity contribution in [2.24, 2.45) is 0 Å². The molecular weight excluding hydrogens is 147 g/mol. The fourth-order valence-corrected chi connectivity index (χ4v) is 1.27. The van der Waals surface area contributed by atoms with Crippen LogP contribution >= 0.6 is 0 Å². The van der Waals surface area contributed by atoms with Gasteiger partial charge in [0.05, 0.1) is 0 Å². The summed E-state index contributed by atoms with van der Waals surface area (Å²) in [5.74, 6) is 0. The van der Waals surface area contributed by atoms with Gasteiger partial charge in [0.1, 0.15) is 6.17 Å². The first-order valence-corrected chi connectivity index (χ1v) is 3.86. The fourth-order valence-electron chi connectivity index (χ4n) is 1.27. The molecule has 64 valence electrons. The number of halogens is 1. The van der Waals surface area contributed by atoms with E-state index < -0.39 is 6.17 Å². The zero-order valence-corrected chi connectivity index (χ0v) is 6.42. The minimum atomic E-state index is -0.661. The third-order valence-corrected chi connectivity index (χ3v) is 1.87. The lowest BCUT2D eigenvalue weighted by atomic mass is 10.3. The summed E-state index contributed by atoms with van der Waals surface area (Å²) in [5, 5.41) is 2.55. The van der Waals surface area contributed by atoms with Gasteiger partial charge in [-0.25, -0.2) is 4.39 Å². The molecule has 0 radical (unpaired) electrons. The van der Waals surface area contributed by atoms with Crippen molar-refractivity contribution in [3.05, 3.63) is 0 Å². The van der Waals surface area contributed by atoms with Gasteiger partial charge in [0.2, 0.25) is 6.41 Å². The Morgan fingerprint density at radius 3 is 3.09 bits per heavy atom. The third kappa shape index (κ3) is 2.84. The molecule has 1 saturated heterocycles. The van der Waals surface area contributed by atoms with Gasteiger partial charge in [0, 0.05) is 26.2 Å². The van der Waals surface area contributed by atoms with Gasteiger partial charge >= 0.3 is 0 Å². The summed E-state index contributed by atoms with van der Waals surface area (Å²) in [7, 11) is 0. The monoisotopic (exact) mass is 160 g/mol. The van der Waals surface area contributed by atoms with E-state index in [0.717, 1.165) is 13.1 Å². The number of rotatable bonds is 4. The van der Waals surface area contributed by atoms with Gasteiger partial charge in [-0.3, -0.25) is 9.69 Å². The second kappa shape index (κ2) is 4.28. The fraction of sp³-hybridized carbons (Fsp3) is 0.857. The van der Waals surface area contributed by atoms with Gasteiger partial charge in [-0.2, -0.15) is 0 Å². The number of carbonyl (C=O) groups is 1. The molecule has 1 fully saturated rings. The van der Waals surface area contributed by atoms with Crippen molar-refractivity contribution < 1.29 is 9.18 Å². The number of alkyl halides is 1. The van der Waals surface area contributed by atoms with Gasteiger partial charge in [-0.15, -0.1) is 0 Å². The first kappa shape index (κ1) is 8.46. The molecule has 0 saturated carbocycles. The maximum absolute atomic E-state index is 12.6. The first-order chi connectivity index (χ1) is 5.33. The number of likely N-dealkylation sites (tertiary alicyclic amines) is 1. The molecule has 3 nitrogen and oxygen atoms in total. The van der Waals surface area contributed by atoms with E-state index >= 15 is 0 Å². The molecule has 1 heterocycles. The molecule has 1 aliphatic rings. The Hall–Kier alpha value is -0.640. The Morgan fingerprint density at radius 2 is 2.55 bits per heavy atom. The number of amides is 1. The van der Waals surface area contributed by atoms with E-state index in [1.54, 1.807) is 0 Å². The first-order valence-electron chi connectivity index (χ1n) is 3.86. The summed E-state index contributed by atoms with van der Waals surface area (Å²) in [4.78, 5) is 11.9. The van der Waals surface area contributed by atoms with Gasteiger partial charge in [-0.1, -0.05) is 0 Å². The average molecular weight is 160 g/mol. The Morgan fingerprint density at radius 1 is 1.73 bits per heavy atom. The lowest BCUT2D eigenvalue weighted by molar-refractivity contribution is -0.109. The van der Waals surface area contributed by atoms with Crippen molar-refractivity contribution >= 4 is 6.41 Å². The molecular formula is C7H13FN2O. The lowest BCUT2D eigenvalue weighted by Crippen LogP contribution is -2.30. The van der Waals surface area contributed by atoms with E-state index in [1.165, 1.54) is 0 Å². The smallest absolute Gasteiger partial charge is 0.207 e. The zero-order valence-electron chi connectivity index (χ0n) is 6.42. The minimum absolute atomic E-state index is 0.528. The Balaban J connectivity index is 2.03. The highest BCUT2D eigenvalue weighted by atomic mass is 19.1. The molecule has 11 heavy (non-hydrogen) atoms. The molecule has 0 aromatic rings. The van der Waals surface area contributed by atoms with Gasteiger partial charge in [0.15, 0.2) is 0 Å². The molecule has 1 N–H and O–H groups in total. The highest BCUT2D eigenvalue weighted by Crippen LogP contribution is 2.10. The van der Waals surface area contributed by atoms with Crippen molar-refractivity contribution in [3.8, 4) is 0 Å². The molecule has 0 aromatic heterocycles. The Kier molecular flexibility index (Phi) is 3.29. The van der Waals surface area contributed by atoms with Crippen LogP contribution in [0.1, 0.15) is 6.42 Å². The predicted molar refractivity (Wildman–Crippen MR) is 40.0 cm³/mol. The maximum Gasteiger partial charge on any atom is 0.207 e. The van der Waals surface area contributed by atoms with Crippen LogP contribution in [-0.4, -0.2) is 43.7 Å². The second-order valence-electron chi connectivity index (χ2n) is 2.76. The highest BCUT2D eigenvalue weighted by molar-refractivity contribution is 5.45. The minimum Gasteiger partial charge on any atom is -0.357 e. The van der Waals surface area contributed by atoms with Gasteiger partial charge < -0.3 is 5.32 Å². The standard InChI is InChI=1S/C7H13FN2O/c8-7-1-3-10(5-7)4-2-9-6-11/h6-7H,1-5H2,(H,9,11). The lowest BCUT2D eigenvalue weighted by Gasteiger charge is -2.12. The van der Waals surface area contributed by atoms with Crippen LogP contribution in [0.5, 0.6) is 0 Å². The molecule has 0 aromatic carbocycles. The van der Waals surface area contributed by atoms with Crippen molar-refractivity contribution in [1.82, 2.24) is 10.2 Å². The van der Waals surface area contributed by atoms with Crippen LogP contribution < -0.4 is 5.32 Å². The van der Waals surface area contributed by atoms with E-state index in [1.807, 2.05) is 4.90 Å². The molecule has 1 rings (SSSR count). The molecule has 1 unspecified atom stereocenters. The molecule has 1 atom stereocenters. The molecule has 1 aliphatic heterocycles. The van der Waals surface area contributed by atoms with Crippen molar-refractivity contribution in [2.75, 3.05) is 26.2 Å². The molecule has 0 bridgehead atoms. The largest absolute Gasteiger partial charge is 0.357 e. The summed E-state index contributed by atoms with van der Waals surface area (Å²) in [6.45, 7) is 2.73. The summed E-state index contributed by atoms with van der Waals surface area (Å²) in [6.07, 6.45) is 0.649. The highest BCUT2D eigenvalue weighted by Gasteiger charge is 2.20. The number of carbonyl (C=O) groups excluding carboxylic acids is 1. The van der Waals surface area contributed by atoms with Gasteiger partial charge in [0.25, 0.3) is 0 Å². The quantitative estimate of drug-likeness (QED) is 0.455. The van der Waals surface area contributed by atoms with Crippen molar-refractivity contribution in [2.45, 2.75) is 12.6 Å². The Labute approximate surface area is 65.6 Å². The van der Waals surface area contributed by atoms with E-state index in [9.17, 15) is 9.18 Å². The number of hydrogen-bond acceptors (Lipinski definition) is 2. The van der Waals surface area contributed by atoms with Crippen LogP contribution in [-0.2, 0) is 4.79 Å². The predicted octanol–water partition coefficient (Wildman–Crippen LogP) is -0.224. The zero-order chi connectivity index (χ0) is 8.10. The van der Waals surface area contributed by atoms with E-state index in [-0.39, 0.29) is 0 Å². The second-order valence-corrected chi connectivity index (χ2v) is 2.76. The summed E-state index contributed by atoms with van der Waals surface area (Å²) in [6, 6.07) is 0. The van der Waals surface area contributed by atoms with Crippen LogP contribution in [0, 0.1) is 0 Å². The molecule has 1 amide bonds. The van der Waals surface area contributed by atoms with Crippen molar-refractivity contribution in [1.29, 1.82) is 0 Å². The normalized spacial score (nSPS) is 25.4. The van der Waals surface area contributed by atoms with Gasteiger partial charge in [-0.05, 0) is 6.42 Å². The third-order valence-electron chi connectivity index (χ3n) is 1.87. The summed E-state index contributed by atoms with van der Waals surface area (Å²) in [5.41, 5.74) is 0. The van der Waals surface area contributed by atoms with E-state index in [2.05, 4.69) is 5.32 Å². The maximum atomic E-state index is 12.6. The van der Waals surface area contributed by atoms with E-state index in [4.69, 9.17) is 0 Å². The molecule has 0 aliphatic carbocycles.